The molecule has 1 aliphatic rings. The van der Waals surface area contributed by atoms with Crippen molar-refractivity contribution in [3.05, 3.63) is 18.1 Å². The molecule has 2 aromatic rings. The summed E-state index contributed by atoms with van der Waals surface area (Å²) in [6, 6.07) is 0. The minimum Gasteiger partial charge on any atom is -0.379 e. The quantitative estimate of drug-likeness (QED) is 0.450. The zero-order valence-corrected chi connectivity index (χ0v) is 19.0. The third-order valence-electron chi connectivity index (χ3n) is 5.52. The second-order valence-electron chi connectivity index (χ2n) is 7.97. The number of rotatable bonds is 14. The number of nitrogens with two attached hydrogens (primary N) is 1. The number of nitrogens with zero attached hydrogens (tertiary/aromatic N) is 4. The van der Waals surface area contributed by atoms with Crippen molar-refractivity contribution in [1.29, 1.82) is 0 Å². The molecule has 0 amide bonds. The Bertz CT molecular complexity index is 786. The first kappa shape index (κ1) is 23.8. The lowest BCUT2D eigenvalue weighted by Gasteiger charge is -2.25. The lowest BCUT2D eigenvalue weighted by Crippen LogP contribution is -2.38. The van der Waals surface area contributed by atoms with Crippen molar-refractivity contribution in [3.63, 3.8) is 0 Å². The summed E-state index contributed by atoms with van der Waals surface area (Å²) in [7, 11) is 0. The Kier molecular flexibility index (Phi) is 9.45. The number of unbranched alkanes of at least 4 members (excludes halogenated alkanes) is 3. The lowest BCUT2D eigenvalue weighted by molar-refractivity contribution is -0.0795. The molecular formula is C22H37N5O4. The summed E-state index contributed by atoms with van der Waals surface area (Å²) in [6.45, 7) is 8.95. The van der Waals surface area contributed by atoms with Crippen molar-refractivity contribution in [2.75, 3.05) is 32.2 Å². The van der Waals surface area contributed by atoms with Crippen molar-refractivity contribution in [2.45, 2.75) is 83.7 Å². The van der Waals surface area contributed by atoms with Gasteiger partial charge in [-0.05, 0) is 19.3 Å². The SMILES string of the molecule is CCCCOCC1OC(c2cnn3c(N)ncnc23)C(OCCCC)C1OCCCC. The smallest absolute Gasteiger partial charge is 0.224 e. The molecule has 0 saturated carbocycles. The second kappa shape index (κ2) is 12.3. The van der Waals surface area contributed by atoms with Crippen molar-refractivity contribution in [2.24, 2.45) is 0 Å². The molecule has 3 rings (SSSR count). The van der Waals surface area contributed by atoms with Gasteiger partial charge in [-0.1, -0.05) is 40.0 Å². The highest BCUT2D eigenvalue weighted by Crippen LogP contribution is 2.39. The number of anilines is 1. The average Bonchev–Trinajstić information content (AvgIpc) is 3.34. The van der Waals surface area contributed by atoms with Gasteiger partial charge >= 0.3 is 0 Å². The molecule has 0 radical (unpaired) electrons. The van der Waals surface area contributed by atoms with Crippen LogP contribution in [0.25, 0.3) is 5.65 Å². The van der Waals surface area contributed by atoms with E-state index in [0.29, 0.717) is 32.1 Å². The number of hydrogen-bond acceptors (Lipinski definition) is 8. The largest absolute Gasteiger partial charge is 0.379 e. The van der Waals surface area contributed by atoms with Crippen molar-refractivity contribution >= 4 is 11.6 Å². The van der Waals surface area contributed by atoms with Gasteiger partial charge in [-0.25, -0.2) is 9.97 Å². The van der Waals surface area contributed by atoms with Gasteiger partial charge in [0.15, 0.2) is 5.65 Å². The molecule has 1 fully saturated rings. The van der Waals surface area contributed by atoms with Gasteiger partial charge < -0.3 is 24.7 Å². The molecular weight excluding hydrogens is 398 g/mol. The highest BCUT2D eigenvalue weighted by atomic mass is 16.6. The number of hydrogen-bond donors (Lipinski definition) is 1. The summed E-state index contributed by atoms with van der Waals surface area (Å²) in [5.74, 6) is 0.285. The van der Waals surface area contributed by atoms with Crippen LogP contribution in [0.5, 0.6) is 0 Å². The normalized spacial score (nSPS) is 23.7. The van der Waals surface area contributed by atoms with Crippen molar-refractivity contribution in [1.82, 2.24) is 19.6 Å². The zero-order chi connectivity index (χ0) is 22.1. The Balaban J connectivity index is 1.85. The molecule has 0 bridgehead atoms. The minimum absolute atomic E-state index is 0.218. The molecule has 1 saturated heterocycles. The summed E-state index contributed by atoms with van der Waals surface area (Å²) in [5.41, 5.74) is 7.42. The zero-order valence-electron chi connectivity index (χ0n) is 19.0. The average molecular weight is 436 g/mol. The Morgan fingerprint density at radius 1 is 0.968 bits per heavy atom. The van der Waals surface area contributed by atoms with E-state index >= 15 is 0 Å². The van der Waals surface area contributed by atoms with Gasteiger partial charge in [0, 0.05) is 25.4 Å². The van der Waals surface area contributed by atoms with Crippen LogP contribution >= 0.6 is 0 Å². The summed E-state index contributed by atoms with van der Waals surface area (Å²) >= 11 is 0. The molecule has 0 spiro atoms. The topological polar surface area (TPSA) is 106 Å². The van der Waals surface area contributed by atoms with Gasteiger partial charge in [0.25, 0.3) is 0 Å². The fourth-order valence-electron chi connectivity index (χ4n) is 3.72. The second-order valence-corrected chi connectivity index (χ2v) is 7.97. The third kappa shape index (κ3) is 5.91. The Morgan fingerprint density at radius 3 is 2.35 bits per heavy atom. The minimum atomic E-state index is -0.366. The van der Waals surface area contributed by atoms with Crippen LogP contribution in [0.2, 0.25) is 0 Å². The summed E-state index contributed by atoms with van der Waals surface area (Å²) in [6.07, 6.45) is 8.33. The van der Waals surface area contributed by atoms with Gasteiger partial charge in [0.05, 0.1) is 12.8 Å². The molecule has 31 heavy (non-hydrogen) atoms. The third-order valence-corrected chi connectivity index (χ3v) is 5.52. The van der Waals surface area contributed by atoms with Crippen LogP contribution < -0.4 is 5.73 Å². The number of aromatic nitrogens is 4. The predicted octanol–water partition coefficient (Wildman–Crippen LogP) is 3.33. The summed E-state index contributed by atoms with van der Waals surface area (Å²) < 4.78 is 26.6. The molecule has 174 valence electrons. The molecule has 3 heterocycles. The monoisotopic (exact) mass is 435 g/mol. The van der Waals surface area contributed by atoms with Gasteiger partial charge in [-0.15, -0.1) is 0 Å². The van der Waals surface area contributed by atoms with Crippen LogP contribution in [0.4, 0.5) is 5.95 Å². The van der Waals surface area contributed by atoms with Crippen molar-refractivity contribution < 1.29 is 18.9 Å². The molecule has 0 aromatic carbocycles. The van der Waals surface area contributed by atoms with E-state index in [4.69, 9.17) is 24.7 Å². The Labute approximate surface area is 184 Å². The van der Waals surface area contributed by atoms with Gasteiger partial charge in [-0.2, -0.15) is 9.61 Å². The lowest BCUT2D eigenvalue weighted by atomic mass is 10.0. The number of ether oxygens (including phenoxy) is 4. The molecule has 9 heteroatoms. The van der Waals surface area contributed by atoms with Gasteiger partial charge in [0.2, 0.25) is 5.95 Å². The van der Waals surface area contributed by atoms with E-state index in [1.807, 2.05) is 0 Å². The molecule has 0 aliphatic carbocycles. The molecule has 4 atom stereocenters. The molecule has 2 aromatic heterocycles. The van der Waals surface area contributed by atoms with Crippen LogP contribution in [-0.4, -0.2) is 64.3 Å². The maximum absolute atomic E-state index is 6.49. The highest BCUT2D eigenvalue weighted by molar-refractivity contribution is 5.50. The molecule has 9 nitrogen and oxygen atoms in total. The van der Waals surface area contributed by atoms with Gasteiger partial charge in [-0.3, -0.25) is 0 Å². The highest BCUT2D eigenvalue weighted by Gasteiger charge is 2.48. The fourth-order valence-corrected chi connectivity index (χ4v) is 3.72. The summed E-state index contributed by atoms with van der Waals surface area (Å²) in [5, 5.41) is 4.36. The van der Waals surface area contributed by atoms with Crippen LogP contribution in [0, 0.1) is 0 Å². The maximum Gasteiger partial charge on any atom is 0.224 e. The molecule has 2 N–H and O–H groups in total. The van der Waals surface area contributed by atoms with E-state index in [1.165, 1.54) is 10.8 Å². The standard InChI is InChI=1S/C22H37N5O4/c1-4-7-10-28-14-17-19(29-11-8-5-2)20(30-12-9-6-3)18(31-17)16-13-26-27-21(16)24-15-25-22(27)23/h13,15,17-20H,4-12,14H2,1-3H3,(H2,23,24,25). The van der Waals surface area contributed by atoms with Crippen molar-refractivity contribution in [3.8, 4) is 0 Å². The van der Waals surface area contributed by atoms with E-state index < -0.39 is 0 Å². The van der Waals surface area contributed by atoms with E-state index in [-0.39, 0.29) is 30.4 Å². The van der Waals surface area contributed by atoms with Gasteiger partial charge in [0.1, 0.15) is 30.7 Å². The fraction of sp³-hybridized carbons (Fsp3) is 0.773. The van der Waals surface area contributed by atoms with E-state index in [1.54, 1.807) is 6.20 Å². The predicted molar refractivity (Wildman–Crippen MR) is 118 cm³/mol. The van der Waals surface area contributed by atoms with Crippen LogP contribution in [0.15, 0.2) is 12.5 Å². The summed E-state index contributed by atoms with van der Waals surface area (Å²) in [4.78, 5) is 8.41. The Hall–Kier alpha value is -1.81. The van der Waals surface area contributed by atoms with E-state index in [9.17, 15) is 0 Å². The first-order valence-electron chi connectivity index (χ1n) is 11.6. The number of fused-ring (bicyclic) bond motifs is 1. The maximum atomic E-state index is 6.49. The van der Waals surface area contributed by atoms with Crippen LogP contribution in [0.3, 0.4) is 0 Å². The van der Waals surface area contributed by atoms with Crippen LogP contribution in [-0.2, 0) is 18.9 Å². The van der Waals surface area contributed by atoms with E-state index in [0.717, 1.165) is 44.1 Å². The first-order valence-corrected chi connectivity index (χ1v) is 11.6. The number of nitrogen functional groups attached to an aromatic ring is 1. The van der Waals surface area contributed by atoms with Crippen LogP contribution in [0.1, 0.15) is 71.0 Å². The van der Waals surface area contributed by atoms with E-state index in [2.05, 4.69) is 35.8 Å². The first-order chi connectivity index (χ1) is 15.2. The molecule has 1 aliphatic heterocycles. The molecule has 4 unspecified atom stereocenters. The Morgan fingerprint density at radius 2 is 1.65 bits per heavy atom.